The highest BCUT2D eigenvalue weighted by Crippen LogP contribution is 2.23. The second-order valence-corrected chi connectivity index (χ2v) is 6.13. The molecule has 1 N–H and O–H groups in total. The van der Waals surface area contributed by atoms with Crippen LogP contribution in [-0.4, -0.2) is 41.0 Å². The van der Waals surface area contributed by atoms with Gasteiger partial charge in [-0.2, -0.15) is 10.2 Å². The first-order valence-corrected chi connectivity index (χ1v) is 8.82. The third kappa shape index (κ3) is 4.98. The average Bonchev–Trinajstić information content (AvgIpc) is 3.22. The van der Waals surface area contributed by atoms with E-state index in [0.717, 1.165) is 5.56 Å². The highest BCUT2D eigenvalue weighted by molar-refractivity contribution is 5.93. The van der Waals surface area contributed by atoms with E-state index >= 15 is 0 Å². The number of hydrogen-bond acceptors (Lipinski definition) is 7. The SMILES string of the molecule is COc1ccc(/C=N/NC(=O)c2ccn(Cc3ccc([N+](=O)[O-])cc3)n2)c(OC)c1. The molecule has 0 spiro atoms. The quantitative estimate of drug-likeness (QED) is 0.347. The number of nitrogens with zero attached hydrogens (tertiary/aromatic N) is 4. The maximum atomic E-state index is 12.2. The van der Waals surface area contributed by atoms with Gasteiger partial charge in [0.25, 0.3) is 11.6 Å². The van der Waals surface area contributed by atoms with Gasteiger partial charge in [0.15, 0.2) is 5.69 Å². The lowest BCUT2D eigenvalue weighted by Crippen LogP contribution is -2.18. The number of amides is 1. The molecule has 154 valence electrons. The van der Waals surface area contributed by atoms with Crippen LogP contribution in [0.3, 0.4) is 0 Å². The smallest absolute Gasteiger partial charge is 0.291 e. The van der Waals surface area contributed by atoms with Crippen LogP contribution in [0.2, 0.25) is 0 Å². The Morgan fingerprint density at radius 2 is 1.97 bits per heavy atom. The Morgan fingerprint density at radius 1 is 1.20 bits per heavy atom. The molecule has 0 aliphatic heterocycles. The number of rotatable bonds is 8. The first-order chi connectivity index (χ1) is 14.5. The average molecular weight is 409 g/mol. The summed E-state index contributed by atoms with van der Waals surface area (Å²) in [5, 5.41) is 18.9. The number of non-ortho nitro benzene ring substituents is 1. The zero-order valence-corrected chi connectivity index (χ0v) is 16.3. The van der Waals surface area contributed by atoms with Crippen molar-refractivity contribution >= 4 is 17.8 Å². The molecular weight excluding hydrogens is 390 g/mol. The minimum absolute atomic E-state index is 0.0191. The summed E-state index contributed by atoms with van der Waals surface area (Å²) in [6.45, 7) is 0.373. The number of nitro groups is 1. The zero-order valence-electron chi connectivity index (χ0n) is 16.3. The van der Waals surface area contributed by atoms with Crippen molar-refractivity contribution in [3.63, 3.8) is 0 Å². The van der Waals surface area contributed by atoms with E-state index in [1.165, 1.54) is 25.5 Å². The number of hydrazone groups is 1. The Labute approximate surface area is 171 Å². The minimum atomic E-state index is -0.471. The van der Waals surface area contributed by atoms with Crippen molar-refractivity contribution in [2.45, 2.75) is 6.54 Å². The van der Waals surface area contributed by atoms with Gasteiger partial charge in [0.2, 0.25) is 0 Å². The van der Waals surface area contributed by atoms with Crippen molar-refractivity contribution in [3.8, 4) is 11.5 Å². The molecule has 10 heteroatoms. The van der Waals surface area contributed by atoms with Gasteiger partial charge in [0, 0.05) is 30.0 Å². The topological polar surface area (TPSA) is 121 Å². The molecule has 0 aliphatic carbocycles. The van der Waals surface area contributed by atoms with Crippen molar-refractivity contribution < 1.29 is 19.2 Å². The van der Waals surface area contributed by atoms with Crippen molar-refractivity contribution in [2.75, 3.05) is 14.2 Å². The van der Waals surface area contributed by atoms with Crippen molar-refractivity contribution in [1.82, 2.24) is 15.2 Å². The molecule has 3 aromatic rings. The van der Waals surface area contributed by atoms with Gasteiger partial charge in [-0.25, -0.2) is 5.43 Å². The summed E-state index contributed by atoms with van der Waals surface area (Å²) in [6.07, 6.45) is 3.11. The number of carbonyl (C=O) groups excluding carboxylic acids is 1. The van der Waals surface area contributed by atoms with E-state index in [0.29, 0.717) is 23.6 Å². The Bertz CT molecular complexity index is 1080. The highest BCUT2D eigenvalue weighted by atomic mass is 16.6. The summed E-state index contributed by atoms with van der Waals surface area (Å²) in [7, 11) is 3.09. The Kier molecular flexibility index (Phi) is 6.38. The second-order valence-electron chi connectivity index (χ2n) is 6.13. The normalized spacial score (nSPS) is 10.7. The van der Waals surface area contributed by atoms with Crippen LogP contribution in [-0.2, 0) is 6.54 Å². The number of nitrogens with one attached hydrogen (secondary N) is 1. The molecular formula is C20H19N5O5. The van der Waals surface area contributed by atoms with E-state index in [-0.39, 0.29) is 11.4 Å². The van der Waals surface area contributed by atoms with Crippen LogP contribution in [0.15, 0.2) is 59.8 Å². The summed E-state index contributed by atoms with van der Waals surface area (Å²) < 4.78 is 12.0. The Morgan fingerprint density at radius 3 is 2.63 bits per heavy atom. The Balaban J connectivity index is 1.61. The largest absolute Gasteiger partial charge is 0.497 e. The summed E-state index contributed by atoms with van der Waals surface area (Å²) >= 11 is 0. The van der Waals surface area contributed by atoms with Gasteiger partial charge in [-0.15, -0.1) is 0 Å². The fourth-order valence-electron chi connectivity index (χ4n) is 2.62. The fourth-order valence-corrected chi connectivity index (χ4v) is 2.62. The number of benzene rings is 2. The molecule has 2 aromatic carbocycles. The monoisotopic (exact) mass is 409 g/mol. The van der Waals surface area contributed by atoms with Gasteiger partial charge in [-0.05, 0) is 23.8 Å². The van der Waals surface area contributed by atoms with Gasteiger partial charge in [0.05, 0.1) is 31.9 Å². The highest BCUT2D eigenvalue weighted by Gasteiger charge is 2.10. The lowest BCUT2D eigenvalue weighted by Gasteiger charge is -2.06. The van der Waals surface area contributed by atoms with Crippen LogP contribution < -0.4 is 14.9 Å². The first-order valence-electron chi connectivity index (χ1n) is 8.82. The molecule has 1 heterocycles. The summed E-state index contributed by atoms with van der Waals surface area (Å²) in [5.41, 5.74) is 4.12. The lowest BCUT2D eigenvalue weighted by molar-refractivity contribution is -0.384. The van der Waals surface area contributed by atoms with Crippen LogP contribution in [0.1, 0.15) is 21.6 Å². The Hall–Kier alpha value is -4.21. The molecule has 0 saturated carbocycles. The molecule has 3 rings (SSSR count). The lowest BCUT2D eigenvalue weighted by atomic mass is 10.2. The molecule has 1 amide bonds. The number of hydrogen-bond donors (Lipinski definition) is 1. The standard InChI is InChI=1S/C20H19N5O5/c1-29-17-8-5-15(19(11-17)30-2)12-21-22-20(26)18-9-10-24(23-18)13-14-3-6-16(7-4-14)25(27)28/h3-12H,13H2,1-2H3,(H,22,26)/b21-12+. The molecule has 0 fully saturated rings. The number of aromatic nitrogens is 2. The molecule has 0 unspecified atom stereocenters. The number of methoxy groups -OCH3 is 2. The minimum Gasteiger partial charge on any atom is -0.497 e. The van der Waals surface area contributed by atoms with Crippen LogP contribution in [0.4, 0.5) is 5.69 Å². The molecule has 30 heavy (non-hydrogen) atoms. The van der Waals surface area contributed by atoms with E-state index in [9.17, 15) is 14.9 Å². The third-order valence-electron chi connectivity index (χ3n) is 4.18. The molecule has 0 aliphatic rings. The molecule has 0 saturated heterocycles. The molecule has 1 aromatic heterocycles. The van der Waals surface area contributed by atoms with Gasteiger partial charge in [0.1, 0.15) is 11.5 Å². The number of carbonyl (C=O) groups is 1. The van der Waals surface area contributed by atoms with E-state index in [4.69, 9.17) is 9.47 Å². The summed E-state index contributed by atoms with van der Waals surface area (Å²) in [6, 6.07) is 12.9. The molecule has 0 bridgehead atoms. The van der Waals surface area contributed by atoms with Gasteiger partial charge in [-0.1, -0.05) is 12.1 Å². The van der Waals surface area contributed by atoms with Crippen LogP contribution in [0.5, 0.6) is 11.5 Å². The van der Waals surface area contributed by atoms with E-state index in [1.807, 2.05) is 0 Å². The van der Waals surface area contributed by atoms with E-state index in [2.05, 4.69) is 15.6 Å². The molecule has 0 atom stereocenters. The first kappa shape index (κ1) is 20.5. The van der Waals surface area contributed by atoms with Gasteiger partial charge < -0.3 is 9.47 Å². The van der Waals surface area contributed by atoms with Gasteiger partial charge in [-0.3, -0.25) is 19.6 Å². The van der Waals surface area contributed by atoms with Crippen molar-refractivity contribution in [1.29, 1.82) is 0 Å². The predicted octanol–water partition coefficient (Wildman–Crippen LogP) is 2.62. The summed E-state index contributed by atoms with van der Waals surface area (Å²) in [4.78, 5) is 22.5. The van der Waals surface area contributed by atoms with Gasteiger partial charge >= 0.3 is 0 Å². The molecule has 10 nitrogen and oxygen atoms in total. The van der Waals surface area contributed by atoms with Crippen LogP contribution in [0.25, 0.3) is 0 Å². The fraction of sp³-hybridized carbons (Fsp3) is 0.150. The predicted molar refractivity (Wildman–Crippen MR) is 109 cm³/mol. The number of nitro benzene ring substituents is 1. The van der Waals surface area contributed by atoms with E-state index < -0.39 is 10.8 Å². The maximum Gasteiger partial charge on any atom is 0.291 e. The third-order valence-corrected chi connectivity index (χ3v) is 4.18. The van der Waals surface area contributed by atoms with Crippen LogP contribution >= 0.6 is 0 Å². The summed E-state index contributed by atoms with van der Waals surface area (Å²) in [5.74, 6) is 0.729. The van der Waals surface area contributed by atoms with Crippen molar-refractivity contribution in [3.05, 3.63) is 81.7 Å². The number of ether oxygens (including phenoxy) is 2. The molecule has 0 radical (unpaired) electrons. The van der Waals surface area contributed by atoms with E-state index in [1.54, 1.807) is 54.4 Å². The second kappa shape index (κ2) is 9.32. The zero-order chi connectivity index (χ0) is 21.5. The van der Waals surface area contributed by atoms with Crippen LogP contribution in [0, 0.1) is 10.1 Å². The maximum absolute atomic E-state index is 12.2. The van der Waals surface area contributed by atoms with Crippen molar-refractivity contribution in [2.24, 2.45) is 5.10 Å².